The van der Waals surface area contributed by atoms with E-state index in [9.17, 15) is 18.0 Å². The van der Waals surface area contributed by atoms with Gasteiger partial charge in [0.1, 0.15) is 16.3 Å². The molecule has 30 heavy (non-hydrogen) atoms. The monoisotopic (exact) mass is 451 g/mol. The van der Waals surface area contributed by atoms with E-state index in [4.69, 9.17) is 4.42 Å². The maximum Gasteiger partial charge on any atom is 0.250 e. The number of amides is 2. The fourth-order valence-electron chi connectivity index (χ4n) is 3.98. The van der Waals surface area contributed by atoms with Crippen LogP contribution in [0.2, 0.25) is 0 Å². The smallest absolute Gasteiger partial charge is 0.250 e. The SMILES string of the molecule is C[C@@H](C(=O)N1CCCCC1)N1CC[C@H](NS(=O)(=O)c2ccc(-c3ccoc3)s2)C1=O. The average molecular weight is 452 g/mol. The molecular formula is C20H25N3O5S2. The van der Waals surface area contributed by atoms with Crippen molar-refractivity contribution in [3.8, 4) is 10.4 Å². The van der Waals surface area contributed by atoms with Gasteiger partial charge in [-0.25, -0.2) is 8.42 Å². The number of furan rings is 1. The Bertz CT molecular complexity index is 1010. The molecule has 8 nitrogen and oxygen atoms in total. The summed E-state index contributed by atoms with van der Waals surface area (Å²) in [6.45, 7) is 3.52. The Morgan fingerprint density at radius 3 is 2.67 bits per heavy atom. The highest BCUT2D eigenvalue weighted by atomic mass is 32.2. The number of thiophene rings is 1. The number of sulfonamides is 1. The van der Waals surface area contributed by atoms with Crippen molar-refractivity contribution in [2.75, 3.05) is 19.6 Å². The number of nitrogens with one attached hydrogen (secondary N) is 1. The highest BCUT2D eigenvalue weighted by Crippen LogP contribution is 2.31. The lowest BCUT2D eigenvalue weighted by atomic mass is 10.1. The number of rotatable bonds is 6. The van der Waals surface area contributed by atoms with Gasteiger partial charge in [-0.05, 0) is 50.8 Å². The van der Waals surface area contributed by atoms with Crippen molar-refractivity contribution in [1.29, 1.82) is 0 Å². The highest BCUT2D eigenvalue weighted by Gasteiger charge is 2.40. The zero-order valence-electron chi connectivity index (χ0n) is 16.7. The van der Waals surface area contributed by atoms with Crippen LogP contribution >= 0.6 is 11.3 Å². The molecule has 0 aromatic carbocycles. The van der Waals surface area contributed by atoms with Crippen LogP contribution in [0.1, 0.15) is 32.6 Å². The topological polar surface area (TPSA) is 99.9 Å². The Hall–Kier alpha value is -2.17. The first-order chi connectivity index (χ1) is 14.4. The van der Waals surface area contributed by atoms with Crippen LogP contribution in [0.5, 0.6) is 0 Å². The van der Waals surface area contributed by atoms with Crippen LogP contribution in [0.3, 0.4) is 0 Å². The van der Waals surface area contributed by atoms with Gasteiger partial charge >= 0.3 is 0 Å². The number of carbonyl (C=O) groups excluding carboxylic acids is 2. The van der Waals surface area contributed by atoms with Gasteiger partial charge in [0.05, 0.1) is 12.5 Å². The number of likely N-dealkylation sites (tertiary alicyclic amines) is 2. The van der Waals surface area contributed by atoms with Crippen LogP contribution in [0, 0.1) is 0 Å². The lowest BCUT2D eigenvalue weighted by Gasteiger charge is -2.32. The number of carbonyl (C=O) groups is 2. The van der Waals surface area contributed by atoms with Gasteiger partial charge in [0.25, 0.3) is 10.0 Å². The van der Waals surface area contributed by atoms with Crippen molar-refractivity contribution in [2.45, 2.75) is 48.9 Å². The molecule has 2 aliphatic heterocycles. The Kier molecular flexibility index (Phi) is 5.99. The first kappa shape index (κ1) is 21.1. The van der Waals surface area contributed by atoms with Crippen molar-refractivity contribution >= 4 is 33.2 Å². The lowest BCUT2D eigenvalue weighted by molar-refractivity contribution is -0.143. The van der Waals surface area contributed by atoms with Gasteiger partial charge in [-0.3, -0.25) is 9.59 Å². The van der Waals surface area contributed by atoms with Crippen LogP contribution in [-0.4, -0.2) is 61.7 Å². The normalized spacial score (nSPS) is 21.2. The van der Waals surface area contributed by atoms with Crippen molar-refractivity contribution < 1.29 is 22.4 Å². The van der Waals surface area contributed by atoms with Crippen molar-refractivity contribution in [3.63, 3.8) is 0 Å². The van der Waals surface area contributed by atoms with E-state index in [2.05, 4.69) is 4.72 Å². The van der Waals surface area contributed by atoms with E-state index in [-0.39, 0.29) is 16.0 Å². The zero-order valence-corrected chi connectivity index (χ0v) is 18.4. The maximum absolute atomic E-state index is 12.9. The molecule has 2 saturated heterocycles. The van der Waals surface area contributed by atoms with E-state index >= 15 is 0 Å². The predicted molar refractivity (Wildman–Crippen MR) is 112 cm³/mol. The number of nitrogens with zero attached hydrogens (tertiary/aromatic N) is 2. The standard InChI is InChI=1S/C20H25N3O5S2/c1-14(19(24)22-9-3-2-4-10-22)23-11-7-16(20(23)25)21-30(26,27)18-6-5-17(29-18)15-8-12-28-13-15/h5-6,8,12-14,16,21H,2-4,7,9-11H2,1H3/t14-,16-/m0/s1. The third-order valence-corrected chi connectivity index (χ3v) is 8.78. The zero-order chi connectivity index (χ0) is 21.3. The molecule has 0 saturated carbocycles. The minimum Gasteiger partial charge on any atom is -0.472 e. The second-order valence-corrected chi connectivity index (χ2v) is 10.7. The van der Waals surface area contributed by atoms with E-state index in [1.54, 1.807) is 25.3 Å². The fourth-order valence-corrected chi connectivity index (χ4v) is 6.51. The van der Waals surface area contributed by atoms with Gasteiger partial charge in [-0.2, -0.15) is 4.72 Å². The summed E-state index contributed by atoms with van der Waals surface area (Å²) in [6, 6.07) is 3.56. The molecule has 0 unspecified atom stereocenters. The predicted octanol–water partition coefficient (Wildman–Crippen LogP) is 2.29. The Balaban J connectivity index is 1.41. The molecular weight excluding hydrogens is 426 g/mol. The van der Waals surface area contributed by atoms with Gasteiger partial charge in [-0.15, -0.1) is 11.3 Å². The summed E-state index contributed by atoms with van der Waals surface area (Å²) < 4.78 is 33.3. The van der Waals surface area contributed by atoms with E-state index in [1.165, 1.54) is 17.2 Å². The van der Waals surface area contributed by atoms with E-state index < -0.39 is 22.1 Å². The third-order valence-electron chi connectivity index (χ3n) is 5.68. The van der Waals surface area contributed by atoms with Crippen LogP contribution in [0.15, 0.2) is 39.4 Å². The molecule has 4 heterocycles. The highest BCUT2D eigenvalue weighted by molar-refractivity contribution is 7.91. The molecule has 0 bridgehead atoms. The summed E-state index contributed by atoms with van der Waals surface area (Å²) in [5.74, 6) is -0.405. The number of hydrogen-bond donors (Lipinski definition) is 1. The molecule has 4 rings (SSSR count). The van der Waals surface area contributed by atoms with Gasteiger partial charge in [0, 0.05) is 30.1 Å². The van der Waals surface area contributed by atoms with E-state index in [0.29, 0.717) is 13.0 Å². The van der Waals surface area contributed by atoms with Gasteiger partial charge < -0.3 is 14.2 Å². The Morgan fingerprint density at radius 1 is 1.20 bits per heavy atom. The molecule has 2 aromatic rings. The van der Waals surface area contributed by atoms with Crippen molar-refractivity contribution in [3.05, 3.63) is 30.7 Å². The van der Waals surface area contributed by atoms with Crippen LogP contribution in [-0.2, 0) is 19.6 Å². The van der Waals surface area contributed by atoms with Gasteiger partial charge in [-0.1, -0.05) is 0 Å². The second kappa shape index (κ2) is 8.52. The molecule has 0 spiro atoms. The first-order valence-corrected chi connectivity index (χ1v) is 12.4. The fraction of sp³-hybridized carbons (Fsp3) is 0.500. The summed E-state index contributed by atoms with van der Waals surface area (Å²) in [4.78, 5) is 29.7. The molecule has 1 N–H and O–H groups in total. The third kappa shape index (κ3) is 4.17. The van der Waals surface area contributed by atoms with E-state index in [0.717, 1.165) is 54.1 Å². The lowest BCUT2D eigenvalue weighted by Crippen LogP contribution is -2.51. The number of piperidine rings is 1. The summed E-state index contributed by atoms with van der Waals surface area (Å²) in [7, 11) is -3.84. The average Bonchev–Trinajstić information content (AvgIpc) is 3.49. The first-order valence-electron chi connectivity index (χ1n) is 10.1. The van der Waals surface area contributed by atoms with Gasteiger partial charge in [0.2, 0.25) is 11.8 Å². The molecule has 0 aliphatic carbocycles. The number of hydrogen-bond acceptors (Lipinski definition) is 6. The van der Waals surface area contributed by atoms with Crippen molar-refractivity contribution in [1.82, 2.24) is 14.5 Å². The van der Waals surface area contributed by atoms with E-state index in [1.807, 2.05) is 4.90 Å². The minimum absolute atomic E-state index is 0.0606. The Labute approximate surface area is 179 Å². The summed E-state index contributed by atoms with van der Waals surface area (Å²) >= 11 is 1.12. The molecule has 2 aromatic heterocycles. The molecule has 2 atom stereocenters. The van der Waals surface area contributed by atoms with Crippen LogP contribution in [0.4, 0.5) is 0 Å². The summed E-state index contributed by atoms with van der Waals surface area (Å²) in [6.07, 6.45) is 6.51. The van der Waals surface area contributed by atoms with Gasteiger partial charge in [0.15, 0.2) is 0 Å². The van der Waals surface area contributed by atoms with Crippen LogP contribution < -0.4 is 4.72 Å². The molecule has 0 radical (unpaired) electrons. The Morgan fingerprint density at radius 2 is 1.97 bits per heavy atom. The van der Waals surface area contributed by atoms with Crippen molar-refractivity contribution in [2.24, 2.45) is 0 Å². The molecule has 162 valence electrons. The largest absolute Gasteiger partial charge is 0.472 e. The maximum atomic E-state index is 12.9. The molecule has 10 heteroatoms. The summed E-state index contributed by atoms with van der Waals surface area (Å²) in [5, 5.41) is 0. The quantitative estimate of drug-likeness (QED) is 0.726. The second-order valence-electron chi connectivity index (χ2n) is 7.69. The molecule has 2 fully saturated rings. The summed E-state index contributed by atoms with van der Waals surface area (Å²) in [5.41, 5.74) is 0.801. The van der Waals surface area contributed by atoms with Crippen LogP contribution in [0.25, 0.3) is 10.4 Å². The molecule has 2 aliphatic rings. The minimum atomic E-state index is -3.84. The molecule has 2 amide bonds.